The van der Waals surface area contributed by atoms with Gasteiger partial charge in [-0.2, -0.15) is 14.6 Å². The van der Waals surface area contributed by atoms with Crippen LogP contribution in [0, 0.1) is 23.2 Å². The molecule has 24 heavy (non-hydrogen) atoms. The Kier molecular flexibility index (Phi) is 4.43. The molecule has 0 amide bonds. The van der Waals surface area contributed by atoms with E-state index in [4.69, 9.17) is 4.42 Å². The number of piperidine rings is 1. The van der Waals surface area contributed by atoms with Gasteiger partial charge in [0.1, 0.15) is 6.07 Å². The number of oxazole rings is 1. The fourth-order valence-corrected chi connectivity index (χ4v) is 4.83. The molecule has 2 atom stereocenters. The fourth-order valence-electron chi connectivity index (χ4n) is 3.18. The lowest BCUT2D eigenvalue weighted by Gasteiger charge is -2.33. The number of nitriles is 1. The van der Waals surface area contributed by atoms with Crippen LogP contribution in [-0.2, 0) is 10.0 Å². The molecule has 7 heteroatoms. The third kappa shape index (κ3) is 3.07. The van der Waals surface area contributed by atoms with Crippen molar-refractivity contribution in [2.45, 2.75) is 25.4 Å². The van der Waals surface area contributed by atoms with E-state index in [1.54, 1.807) is 24.3 Å². The van der Waals surface area contributed by atoms with Gasteiger partial charge >= 0.3 is 0 Å². The Labute approximate surface area is 141 Å². The van der Waals surface area contributed by atoms with Crippen molar-refractivity contribution in [3.63, 3.8) is 0 Å². The summed E-state index contributed by atoms with van der Waals surface area (Å²) in [6.45, 7) is 4.91. The number of nitrogens with zero attached hydrogens (tertiary/aromatic N) is 3. The second-order valence-corrected chi connectivity index (χ2v) is 8.24. The Morgan fingerprint density at radius 1 is 1.21 bits per heavy atom. The van der Waals surface area contributed by atoms with Crippen LogP contribution in [-0.4, -0.2) is 30.8 Å². The summed E-state index contributed by atoms with van der Waals surface area (Å²) in [4.78, 5) is 4.06. The lowest BCUT2D eigenvalue weighted by atomic mass is 9.94. The molecule has 6 nitrogen and oxygen atoms in total. The van der Waals surface area contributed by atoms with E-state index in [0.29, 0.717) is 18.7 Å². The molecule has 0 bridgehead atoms. The van der Waals surface area contributed by atoms with E-state index < -0.39 is 10.0 Å². The van der Waals surface area contributed by atoms with Crippen LogP contribution in [0.15, 0.2) is 39.8 Å². The molecule has 0 radical (unpaired) electrons. The van der Waals surface area contributed by atoms with Gasteiger partial charge in [-0.15, -0.1) is 0 Å². The van der Waals surface area contributed by atoms with Crippen molar-refractivity contribution < 1.29 is 12.8 Å². The van der Waals surface area contributed by atoms with Crippen LogP contribution in [0.4, 0.5) is 0 Å². The second kappa shape index (κ2) is 6.38. The molecular formula is C17H19N3O3S. The van der Waals surface area contributed by atoms with Crippen molar-refractivity contribution in [1.29, 1.82) is 5.26 Å². The summed E-state index contributed by atoms with van der Waals surface area (Å²) in [5.74, 6) is 0.681. The van der Waals surface area contributed by atoms with Gasteiger partial charge in [-0.25, -0.2) is 8.42 Å². The van der Waals surface area contributed by atoms with Gasteiger partial charge in [0, 0.05) is 18.7 Å². The van der Waals surface area contributed by atoms with Crippen LogP contribution in [0.5, 0.6) is 0 Å². The average Bonchev–Trinajstić information content (AvgIpc) is 3.00. The standard InChI is InChI=1S/C17H19N3O3S/c1-12-8-13(2)11-20(10-12)24(21,22)17-15(9-18)19-16(23-17)14-6-4-3-5-7-14/h3-7,12-13H,8,10-11H2,1-2H3. The Morgan fingerprint density at radius 3 is 2.42 bits per heavy atom. The summed E-state index contributed by atoms with van der Waals surface area (Å²) in [5.41, 5.74) is 0.440. The van der Waals surface area contributed by atoms with Crippen molar-refractivity contribution in [2.75, 3.05) is 13.1 Å². The van der Waals surface area contributed by atoms with Crippen molar-refractivity contribution >= 4 is 10.0 Å². The topological polar surface area (TPSA) is 87.2 Å². The van der Waals surface area contributed by atoms with Crippen LogP contribution in [0.1, 0.15) is 26.0 Å². The van der Waals surface area contributed by atoms with Gasteiger partial charge in [0.25, 0.3) is 15.1 Å². The zero-order valence-electron chi connectivity index (χ0n) is 13.6. The van der Waals surface area contributed by atoms with E-state index in [9.17, 15) is 13.7 Å². The lowest BCUT2D eigenvalue weighted by molar-refractivity contribution is 0.219. The summed E-state index contributed by atoms with van der Waals surface area (Å²) in [6.07, 6.45) is 0.989. The van der Waals surface area contributed by atoms with Crippen LogP contribution < -0.4 is 0 Å². The monoisotopic (exact) mass is 345 g/mol. The number of benzene rings is 1. The molecule has 1 aromatic carbocycles. The fraction of sp³-hybridized carbons (Fsp3) is 0.412. The number of rotatable bonds is 3. The number of sulfonamides is 1. The maximum atomic E-state index is 12.9. The van der Waals surface area contributed by atoms with Crippen molar-refractivity contribution in [3.8, 4) is 17.5 Å². The summed E-state index contributed by atoms with van der Waals surface area (Å²) >= 11 is 0. The van der Waals surface area contributed by atoms with E-state index in [-0.39, 0.29) is 28.5 Å². The molecule has 1 aromatic heterocycles. The molecule has 3 rings (SSSR count). The number of aromatic nitrogens is 1. The third-order valence-electron chi connectivity index (χ3n) is 4.13. The Balaban J connectivity index is 2.02. The highest BCUT2D eigenvalue weighted by molar-refractivity contribution is 7.89. The first-order valence-electron chi connectivity index (χ1n) is 7.88. The van der Waals surface area contributed by atoms with Gasteiger partial charge in [0.05, 0.1) is 0 Å². The molecule has 2 heterocycles. The largest absolute Gasteiger partial charge is 0.422 e. The van der Waals surface area contributed by atoms with E-state index >= 15 is 0 Å². The van der Waals surface area contributed by atoms with Crippen molar-refractivity contribution in [3.05, 3.63) is 36.0 Å². The maximum absolute atomic E-state index is 12.9. The molecule has 0 N–H and O–H groups in total. The molecule has 2 aromatic rings. The minimum atomic E-state index is -3.88. The molecule has 0 spiro atoms. The molecule has 1 fully saturated rings. The Morgan fingerprint density at radius 2 is 1.83 bits per heavy atom. The molecule has 126 valence electrons. The summed E-state index contributed by atoms with van der Waals surface area (Å²) in [5, 5.41) is 8.93. The first kappa shape index (κ1) is 16.7. The smallest absolute Gasteiger partial charge is 0.279 e. The first-order chi connectivity index (χ1) is 11.4. The number of hydrogen-bond donors (Lipinski definition) is 0. The summed E-state index contributed by atoms with van der Waals surface area (Å²) in [7, 11) is -3.88. The van der Waals surface area contributed by atoms with Crippen LogP contribution in [0.25, 0.3) is 11.5 Å². The minimum absolute atomic E-state index is 0.142. The van der Waals surface area contributed by atoms with Gasteiger partial charge < -0.3 is 4.42 Å². The maximum Gasteiger partial charge on any atom is 0.279 e. The van der Waals surface area contributed by atoms with E-state index in [2.05, 4.69) is 4.98 Å². The van der Waals surface area contributed by atoms with E-state index in [1.165, 1.54) is 4.31 Å². The highest BCUT2D eigenvalue weighted by Crippen LogP contribution is 2.30. The summed E-state index contributed by atoms with van der Waals surface area (Å²) in [6, 6.07) is 10.8. The van der Waals surface area contributed by atoms with Gasteiger partial charge in [-0.3, -0.25) is 0 Å². The zero-order valence-corrected chi connectivity index (χ0v) is 14.5. The molecule has 1 aliphatic heterocycles. The molecule has 1 saturated heterocycles. The van der Waals surface area contributed by atoms with Gasteiger partial charge in [0.2, 0.25) is 5.89 Å². The second-order valence-electron chi connectivity index (χ2n) is 6.40. The molecule has 0 aliphatic carbocycles. The van der Waals surface area contributed by atoms with E-state index in [0.717, 1.165) is 6.42 Å². The molecular weight excluding hydrogens is 326 g/mol. The van der Waals surface area contributed by atoms with Crippen LogP contribution >= 0.6 is 0 Å². The predicted octanol–water partition coefficient (Wildman–Crippen LogP) is 2.88. The average molecular weight is 345 g/mol. The SMILES string of the molecule is CC1CC(C)CN(S(=O)(=O)c2oc(-c3ccccc3)nc2C#N)C1. The van der Waals surface area contributed by atoms with Crippen LogP contribution in [0.2, 0.25) is 0 Å². The Bertz CT molecular complexity index is 858. The third-order valence-corrected chi connectivity index (χ3v) is 5.86. The number of hydrogen-bond acceptors (Lipinski definition) is 5. The highest BCUT2D eigenvalue weighted by Gasteiger charge is 2.36. The first-order valence-corrected chi connectivity index (χ1v) is 9.32. The van der Waals surface area contributed by atoms with Gasteiger partial charge in [0.15, 0.2) is 5.69 Å². The molecule has 2 unspecified atom stereocenters. The molecule has 0 saturated carbocycles. The van der Waals surface area contributed by atoms with Crippen molar-refractivity contribution in [1.82, 2.24) is 9.29 Å². The minimum Gasteiger partial charge on any atom is -0.422 e. The lowest BCUT2D eigenvalue weighted by Crippen LogP contribution is -2.42. The van der Waals surface area contributed by atoms with Gasteiger partial charge in [-0.1, -0.05) is 32.0 Å². The summed E-state index contributed by atoms with van der Waals surface area (Å²) < 4.78 is 32.8. The van der Waals surface area contributed by atoms with E-state index in [1.807, 2.05) is 26.0 Å². The van der Waals surface area contributed by atoms with Crippen molar-refractivity contribution in [2.24, 2.45) is 11.8 Å². The normalized spacial score (nSPS) is 22.2. The van der Waals surface area contributed by atoms with Crippen LogP contribution in [0.3, 0.4) is 0 Å². The predicted molar refractivity (Wildman–Crippen MR) is 88.4 cm³/mol. The zero-order chi connectivity index (χ0) is 17.3. The highest BCUT2D eigenvalue weighted by atomic mass is 32.2. The van der Waals surface area contributed by atoms with Gasteiger partial charge in [-0.05, 0) is 30.4 Å². The quantitative estimate of drug-likeness (QED) is 0.853. The molecule has 1 aliphatic rings. The Hall–Kier alpha value is -2.17.